The summed E-state index contributed by atoms with van der Waals surface area (Å²) in [5, 5.41) is 0.509. The summed E-state index contributed by atoms with van der Waals surface area (Å²) in [6.07, 6.45) is 0. The lowest BCUT2D eigenvalue weighted by molar-refractivity contribution is 0.0817. The number of halogens is 2. The fraction of sp³-hybridized carbons (Fsp3) is 0.0370. The van der Waals surface area contributed by atoms with Crippen LogP contribution in [-0.4, -0.2) is 11.6 Å². The van der Waals surface area contributed by atoms with E-state index in [0.717, 1.165) is 16.7 Å². The first kappa shape index (κ1) is 20.7. The maximum absolute atomic E-state index is 13.5. The first-order valence-electron chi connectivity index (χ1n) is 9.75. The van der Waals surface area contributed by atoms with E-state index in [2.05, 4.69) is 0 Å². The van der Waals surface area contributed by atoms with Gasteiger partial charge in [0.2, 0.25) is 11.6 Å². The Balaban J connectivity index is 1.90. The third-order valence-corrected chi connectivity index (χ3v) is 5.36. The largest absolute Gasteiger partial charge is 0.285 e. The van der Waals surface area contributed by atoms with Crippen molar-refractivity contribution >= 4 is 23.2 Å². The standard InChI is InChI=1S/C27H18ClFO2/c1-17-15-20(28)16-24(25(17)18-11-13-21(29)14-12-18)22-9-5-6-10-23(22)27(31)26(30)19-7-3-2-4-8-19/h2-16H,1H3. The Kier molecular flexibility index (Phi) is 5.79. The number of Topliss-reactive ketones (excluding diaryl/α,β-unsaturated/α-hetero) is 2. The van der Waals surface area contributed by atoms with E-state index in [1.54, 1.807) is 66.7 Å². The Morgan fingerprint density at radius 3 is 2.10 bits per heavy atom. The normalized spacial score (nSPS) is 10.7. The molecule has 0 aromatic heterocycles. The van der Waals surface area contributed by atoms with Crippen molar-refractivity contribution < 1.29 is 14.0 Å². The third-order valence-electron chi connectivity index (χ3n) is 5.14. The second-order valence-electron chi connectivity index (χ2n) is 7.22. The van der Waals surface area contributed by atoms with Crippen LogP contribution in [0, 0.1) is 12.7 Å². The average Bonchev–Trinajstić information content (AvgIpc) is 2.79. The Morgan fingerprint density at radius 2 is 1.39 bits per heavy atom. The molecule has 4 heteroatoms. The van der Waals surface area contributed by atoms with Crippen molar-refractivity contribution in [2.75, 3.05) is 0 Å². The molecule has 152 valence electrons. The van der Waals surface area contributed by atoms with Crippen LogP contribution in [0.15, 0.2) is 91.0 Å². The highest BCUT2D eigenvalue weighted by atomic mass is 35.5. The van der Waals surface area contributed by atoms with Crippen LogP contribution >= 0.6 is 11.6 Å². The monoisotopic (exact) mass is 428 g/mol. The minimum atomic E-state index is -0.593. The topological polar surface area (TPSA) is 34.1 Å². The van der Waals surface area contributed by atoms with E-state index in [0.29, 0.717) is 27.3 Å². The van der Waals surface area contributed by atoms with Crippen molar-refractivity contribution in [1.29, 1.82) is 0 Å². The maximum atomic E-state index is 13.5. The highest BCUT2D eigenvalue weighted by Crippen LogP contribution is 2.39. The van der Waals surface area contributed by atoms with Crippen LogP contribution in [-0.2, 0) is 0 Å². The molecule has 0 fully saturated rings. The summed E-state index contributed by atoms with van der Waals surface area (Å²) in [6.45, 7) is 1.91. The predicted molar refractivity (Wildman–Crippen MR) is 122 cm³/mol. The van der Waals surface area contributed by atoms with E-state index in [1.807, 2.05) is 19.1 Å². The number of benzene rings is 4. The summed E-state index contributed by atoms with van der Waals surface area (Å²) in [7, 11) is 0. The molecule has 0 N–H and O–H groups in total. The smallest absolute Gasteiger partial charge is 0.234 e. The second kappa shape index (κ2) is 8.66. The fourth-order valence-electron chi connectivity index (χ4n) is 3.71. The molecule has 0 aliphatic heterocycles. The summed E-state index contributed by atoms with van der Waals surface area (Å²) in [6, 6.07) is 25.2. The molecule has 31 heavy (non-hydrogen) atoms. The molecule has 0 spiro atoms. The molecule has 0 unspecified atom stereocenters. The molecule has 0 aliphatic rings. The summed E-state index contributed by atoms with van der Waals surface area (Å²) >= 11 is 6.36. The first-order chi connectivity index (χ1) is 15.0. The molecule has 2 nitrogen and oxygen atoms in total. The van der Waals surface area contributed by atoms with E-state index >= 15 is 0 Å². The van der Waals surface area contributed by atoms with Crippen LogP contribution in [0.3, 0.4) is 0 Å². The van der Waals surface area contributed by atoms with Crippen LogP contribution in [0.1, 0.15) is 26.3 Å². The molecule has 4 aromatic rings. The molecular weight excluding hydrogens is 411 g/mol. The van der Waals surface area contributed by atoms with Crippen LogP contribution in [0.25, 0.3) is 22.3 Å². The van der Waals surface area contributed by atoms with Gasteiger partial charge in [0.1, 0.15) is 5.82 Å². The lowest BCUT2D eigenvalue weighted by Crippen LogP contribution is -2.15. The van der Waals surface area contributed by atoms with Gasteiger partial charge in [-0.15, -0.1) is 0 Å². The van der Waals surface area contributed by atoms with Crippen LogP contribution in [0.5, 0.6) is 0 Å². The van der Waals surface area contributed by atoms with E-state index < -0.39 is 11.6 Å². The van der Waals surface area contributed by atoms with E-state index in [1.165, 1.54) is 12.1 Å². The molecule has 0 saturated carbocycles. The van der Waals surface area contributed by atoms with Gasteiger partial charge < -0.3 is 0 Å². The summed E-state index contributed by atoms with van der Waals surface area (Å²) in [4.78, 5) is 26.0. The quantitative estimate of drug-likeness (QED) is 0.249. The van der Waals surface area contributed by atoms with Gasteiger partial charge in [-0.25, -0.2) is 4.39 Å². The Bertz CT molecular complexity index is 1280. The number of hydrogen-bond acceptors (Lipinski definition) is 2. The number of rotatable bonds is 5. The fourth-order valence-corrected chi connectivity index (χ4v) is 3.99. The highest BCUT2D eigenvalue weighted by molar-refractivity contribution is 6.50. The molecule has 0 heterocycles. The van der Waals surface area contributed by atoms with Gasteiger partial charge in [0.25, 0.3) is 0 Å². The number of carbonyl (C=O) groups is 2. The van der Waals surface area contributed by atoms with Crippen molar-refractivity contribution in [2.24, 2.45) is 0 Å². The van der Waals surface area contributed by atoms with Gasteiger partial charge in [-0.2, -0.15) is 0 Å². The minimum absolute atomic E-state index is 0.293. The molecule has 0 amide bonds. The first-order valence-corrected chi connectivity index (χ1v) is 10.1. The Hall–Kier alpha value is -3.56. The van der Waals surface area contributed by atoms with Gasteiger partial charge in [-0.1, -0.05) is 78.3 Å². The molecule has 0 bridgehead atoms. The van der Waals surface area contributed by atoms with Crippen molar-refractivity contribution in [3.05, 3.63) is 119 Å². The van der Waals surface area contributed by atoms with Gasteiger partial charge in [0.15, 0.2) is 0 Å². The molecule has 0 saturated heterocycles. The Morgan fingerprint density at radius 1 is 0.742 bits per heavy atom. The predicted octanol–water partition coefficient (Wildman–Crippen LogP) is 7.19. The van der Waals surface area contributed by atoms with Crippen molar-refractivity contribution in [3.8, 4) is 22.3 Å². The van der Waals surface area contributed by atoms with Crippen molar-refractivity contribution in [3.63, 3.8) is 0 Å². The number of hydrogen-bond donors (Lipinski definition) is 0. The van der Waals surface area contributed by atoms with Crippen LogP contribution in [0.4, 0.5) is 4.39 Å². The number of carbonyl (C=O) groups excluding carboxylic acids is 2. The van der Waals surface area contributed by atoms with Crippen molar-refractivity contribution in [1.82, 2.24) is 0 Å². The zero-order valence-electron chi connectivity index (χ0n) is 16.7. The van der Waals surface area contributed by atoms with Gasteiger partial charge in [0.05, 0.1) is 0 Å². The average molecular weight is 429 g/mol. The summed E-state index contributed by atoms with van der Waals surface area (Å²) < 4.78 is 13.5. The van der Waals surface area contributed by atoms with E-state index in [9.17, 15) is 14.0 Å². The Labute approximate surface area is 184 Å². The molecule has 0 aliphatic carbocycles. The molecule has 4 rings (SSSR count). The summed E-state index contributed by atoms with van der Waals surface area (Å²) in [5.74, 6) is -1.50. The van der Waals surface area contributed by atoms with E-state index in [4.69, 9.17) is 11.6 Å². The second-order valence-corrected chi connectivity index (χ2v) is 7.66. The van der Waals surface area contributed by atoms with Gasteiger partial charge >= 0.3 is 0 Å². The molecule has 0 radical (unpaired) electrons. The van der Waals surface area contributed by atoms with Gasteiger partial charge in [-0.3, -0.25) is 9.59 Å². The lowest BCUT2D eigenvalue weighted by atomic mass is 9.87. The highest BCUT2D eigenvalue weighted by Gasteiger charge is 2.23. The molecule has 0 atom stereocenters. The third kappa shape index (κ3) is 4.18. The van der Waals surface area contributed by atoms with Crippen molar-refractivity contribution in [2.45, 2.75) is 6.92 Å². The zero-order chi connectivity index (χ0) is 22.0. The van der Waals surface area contributed by atoms with Crippen LogP contribution < -0.4 is 0 Å². The van der Waals surface area contributed by atoms with Crippen LogP contribution in [0.2, 0.25) is 5.02 Å². The SMILES string of the molecule is Cc1cc(Cl)cc(-c2ccccc2C(=O)C(=O)c2ccccc2)c1-c1ccc(F)cc1. The molecular formula is C27H18ClFO2. The summed E-state index contributed by atoms with van der Waals surface area (Å²) in [5.41, 5.74) is 4.44. The molecule has 4 aromatic carbocycles. The maximum Gasteiger partial charge on any atom is 0.234 e. The number of ketones is 2. The van der Waals surface area contributed by atoms with E-state index in [-0.39, 0.29) is 5.82 Å². The minimum Gasteiger partial charge on any atom is -0.285 e. The van der Waals surface area contributed by atoms with Gasteiger partial charge in [-0.05, 0) is 59.0 Å². The lowest BCUT2D eigenvalue weighted by Gasteiger charge is -2.17. The number of aryl methyl sites for hydroxylation is 1. The van der Waals surface area contributed by atoms with Gasteiger partial charge in [0, 0.05) is 16.1 Å². The zero-order valence-corrected chi connectivity index (χ0v) is 17.5.